The number of anilines is 1. The molecule has 0 unspecified atom stereocenters. The molecule has 0 bridgehead atoms. The average Bonchev–Trinajstić information content (AvgIpc) is 2.60. The summed E-state index contributed by atoms with van der Waals surface area (Å²) in [4.78, 5) is 23.4. The van der Waals surface area contributed by atoms with E-state index in [2.05, 4.69) is 15.8 Å². The first-order valence-electron chi connectivity index (χ1n) is 8.34. The van der Waals surface area contributed by atoms with Crippen molar-refractivity contribution in [3.05, 3.63) is 29.8 Å². The molecule has 1 saturated carbocycles. The summed E-state index contributed by atoms with van der Waals surface area (Å²) >= 11 is 0. The van der Waals surface area contributed by atoms with Crippen LogP contribution < -0.4 is 10.7 Å². The van der Waals surface area contributed by atoms with Gasteiger partial charge in [0.25, 0.3) is 0 Å². The summed E-state index contributed by atoms with van der Waals surface area (Å²) in [6.07, 6.45) is 5.87. The molecule has 1 aliphatic carbocycles. The Morgan fingerprint density at radius 2 is 1.78 bits per heavy atom. The monoisotopic (exact) mass is 315 g/mol. The van der Waals surface area contributed by atoms with E-state index in [1.807, 2.05) is 38.1 Å². The third kappa shape index (κ3) is 5.20. The fourth-order valence-corrected chi connectivity index (χ4v) is 2.70. The van der Waals surface area contributed by atoms with Gasteiger partial charge in [-0.2, -0.15) is 5.10 Å². The van der Waals surface area contributed by atoms with Gasteiger partial charge in [-0.1, -0.05) is 38.3 Å². The summed E-state index contributed by atoms with van der Waals surface area (Å²) in [6.45, 7) is 3.68. The van der Waals surface area contributed by atoms with Gasteiger partial charge in [0, 0.05) is 18.0 Å². The summed E-state index contributed by atoms with van der Waals surface area (Å²) in [5.41, 5.74) is 5.12. The smallest absolute Gasteiger partial charge is 0.243 e. The highest BCUT2D eigenvalue weighted by Gasteiger charge is 2.20. The van der Waals surface area contributed by atoms with Crippen LogP contribution in [0.1, 0.15) is 57.9 Å². The van der Waals surface area contributed by atoms with Crippen LogP contribution >= 0.6 is 0 Å². The molecule has 2 amide bonds. The van der Waals surface area contributed by atoms with Crippen molar-refractivity contribution in [2.24, 2.45) is 11.0 Å². The normalized spacial score (nSPS) is 16.0. The molecule has 0 spiro atoms. The van der Waals surface area contributed by atoms with Gasteiger partial charge in [0.15, 0.2) is 0 Å². The molecule has 23 heavy (non-hydrogen) atoms. The molecule has 5 nitrogen and oxygen atoms in total. The quantitative estimate of drug-likeness (QED) is 0.645. The van der Waals surface area contributed by atoms with E-state index in [1.54, 1.807) is 0 Å². The highest BCUT2D eigenvalue weighted by Crippen LogP contribution is 2.23. The zero-order valence-corrected chi connectivity index (χ0v) is 13.9. The lowest BCUT2D eigenvalue weighted by molar-refractivity contribution is -0.125. The van der Waals surface area contributed by atoms with Crippen LogP contribution in [0, 0.1) is 5.92 Å². The van der Waals surface area contributed by atoms with Crippen LogP contribution in [0.2, 0.25) is 0 Å². The number of nitrogens with one attached hydrogen (secondary N) is 2. The van der Waals surface area contributed by atoms with Crippen LogP contribution in [0.5, 0.6) is 0 Å². The maximum atomic E-state index is 12.1. The van der Waals surface area contributed by atoms with Crippen molar-refractivity contribution >= 4 is 23.2 Å². The Hall–Kier alpha value is -2.17. The Morgan fingerprint density at radius 1 is 1.13 bits per heavy atom. The van der Waals surface area contributed by atoms with Gasteiger partial charge in [0.05, 0.1) is 5.71 Å². The zero-order valence-electron chi connectivity index (χ0n) is 13.9. The molecule has 1 aromatic rings. The molecule has 2 rings (SSSR count). The van der Waals surface area contributed by atoms with Gasteiger partial charge >= 0.3 is 0 Å². The van der Waals surface area contributed by atoms with Crippen LogP contribution in [-0.2, 0) is 9.59 Å². The van der Waals surface area contributed by atoms with Gasteiger partial charge in [-0.25, -0.2) is 5.43 Å². The summed E-state index contributed by atoms with van der Waals surface area (Å²) in [5.74, 6) is 0.116. The number of rotatable bonds is 5. The lowest BCUT2D eigenvalue weighted by Gasteiger charge is -2.19. The number of benzene rings is 1. The van der Waals surface area contributed by atoms with E-state index in [4.69, 9.17) is 0 Å². The van der Waals surface area contributed by atoms with Crippen molar-refractivity contribution < 1.29 is 9.59 Å². The topological polar surface area (TPSA) is 70.6 Å². The summed E-state index contributed by atoms with van der Waals surface area (Å²) in [5, 5.41) is 7.01. The molecule has 2 N–H and O–H groups in total. The SMILES string of the molecule is CCC(=O)Nc1ccc(C(C)=NNC(=O)C2CCCCC2)cc1. The minimum atomic E-state index is -0.0112. The first kappa shape index (κ1) is 17.2. The largest absolute Gasteiger partial charge is 0.326 e. The van der Waals surface area contributed by atoms with Crippen molar-refractivity contribution in [3.63, 3.8) is 0 Å². The van der Waals surface area contributed by atoms with E-state index >= 15 is 0 Å². The van der Waals surface area contributed by atoms with E-state index in [0.717, 1.165) is 42.6 Å². The van der Waals surface area contributed by atoms with Gasteiger partial charge in [-0.15, -0.1) is 0 Å². The predicted molar refractivity (Wildman–Crippen MR) is 92.3 cm³/mol. The molecule has 0 atom stereocenters. The molecular weight excluding hydrogens is 290 g/mol. The van der Waals surface area contributed by atoms with Crippen LogP contribution in [0.25, 0.3) is 0 Å². The van der Waals surface area contributed by atoms with Crippen molar-refractivity contribution in [2.75, 3.05) is 5.32 Å². The summed E-state index contributed by atoms with van der Waals surface area (Å²) in [6, 6.07) is 7.45. The second-order valence-electron chi connectivity index (χ2n) is 5.99. The molecule has 0 aliphatic heterocycles. The van der Waals surface area contributed by atoms with Crippen LogP contribution in [0.15, 0.2) is 29.4 Å². The summed E-state index contributed by atoms with van der Waals surface area (Å²) in [7, 11) is 0. The summed E-state index contributed by atoms with van der Waals surface area (Å²) < 4.78 is 0. The fourth-order valence-electron chi connectivity index (χ4n) is 2.70. The fraction of sp³-hybridized carbons (Fsp3) is 0.500. The minimum absolute atomic E-state index is 0.0112. The first-order valence-corrected chi connectivity index (χ1v) is 8.34. The van der Waals surface area contributed by atoms with Crippen molar-refractivity contribution in [3.8, 4) is 0 Å². The molecule has 1 aliphatic rings. The van der Waals surface area contributed by atoms with E-state index in [0.29, 0.717) is 6.42 Å². The van der Waals surface area contributed by atoms with Crippen LogP contribution in [0.3, 0.4) is 0 Å². The number of amides is 2. The number of hydrogen-bond donors (Lipinski definition) is 2. The van der Waals surface area contributed by atoms with E-state index in [9.17, 15) is 9.59 Å². The first-order chi connectivity index (χ1) is 11.1. The molecule has 0 radical (unpaired) electrons. The standard InChI is InChI=1S/C18H25N3O2/c1-3-17(22)19-16-11-9-14(10-12-16)13(2)20-21-18(23)15-7-5-4-6-8-15/h9-12,15H,3-8H2,1-2H3,(H,19,22)(H,21,23). The predicted octanol–water partition coefficient (Wildman–Crippen LogP) is 3.46. The van der Waals surface area contributed by atoms with Gasteiger partial charge in [-0.05, 0) is 37.5 Å². The van der Waals surface area contributed by atoms with E-state index in [-0.39, 0.29) is 17.7 Å². The average molecular weight is 315 g/mol. The molecule has 0 saturated heterocycles. The Kier molecular flexibility index (Phi) is 6.32. The molecule has 1 fully saturated rings. The number of hydrogen-bond acceptors (Lipinski definition) is 3. The van der Waals surface area contributed by atoms with Crippen molar-refractivity contribution in [1.82, 2.24) is 5.43 Å². The number of carbonyl (C=O) groups is 2. The number of carbonyl (C=O) groups excluding carboxylic acids is 2. The molecule has 124 valence electrons. The number of hydrazone groups is 1. The Bertz CT molecular complexity index is 572. The van der Waals surface area contributed by atoms with Gasteiger partial charge in [0.1, 0.15) is 0 Å². The Balaban J connectivity index is 1.92. The van der Waals surface area contributed by atoms with Gasteiger partial charge in [0.2, 0.25) is 11.8 Å². The highest BCUT2D eigenvalue weighted by atomic mass is 16.2. The Morgan fingerprint density at radius 3 is 2.39 bits per heavy atom. The van der Waals surface area contributed by atoms with E-state index in [1.165, 1.54) is 6.42 Å². The second kappa shape index (κ2) is 8.46. The van der Waals surface area contributed by atoms with Crippen LogP contribution in [-0.4, -0.2) is 17.5 Å². The third-order valence-corrected chi connectivity index (χ3v) is 4.22. The lowest BCUT2D eigenvalue weighted by atomic mass is 9.89. The maximum Gasteiger partial charge on any atom is 0.243 e. The molecular formula is C18H25N3O2. The highest BCUT2D eigenvalue weighted by molar-refractivity contribution is 6.00. The zero-order chi connectivity index (χ0) is 16.7. The number of nitrogens with zero attached hydrogens (tertiary/aromatic N) is 1. The Labute approximate surface area is 137 Å². The molecule has 1 aromatic carbocycles. The van der Waals surface area contributed by atoms with E-state index < -0.39 is 0 Å². The van der Waals surface area contributed by atoms with Gasteiger partial charge in [-0.3, -0.25) is 9.59 Å². The van der Waals surface area contributed by atoms with Crippen molar-refractivity contribution in [2.45, 2.75) is 52.4 Å². The van der Waals surface area contributed by atoms with Gasteiger partial charge < -0.3 is 5.32 Å². The second-order valence-corrected chi connectivity index (χ2v) is 5.99. The lowest BCUT2D eigenvalue weighted by Crippen LogP contribution is -2.29. The maximum absolute atomic E-state index is 12.1. The van der Waals surface area contributed by atoms with Crippen molar-refractivity contribution in [1.29, 1.82) is 0 Å². The van der Waals surface area contributed by atoms with Crippen LogP contribution in [0.4, 0.5) is 5.69 Å². The third-order valence-electron chi connectivity index (χ3n) is 4.22. The molecule has 5 heteroatoms. The minimum Gasteiger partial charge on any atom is -0.326 e. The molecule has 0 heterocycles. The molecule has 0 aromatic heterocycles.